The van der Waals surface area contributed by atoms with Crippen LogP contribution in [0.5, 0.6) is 0 Å². The van der Waals surface area contributed by atoms with Crippen molar-refractivity contribution in [2.45, 2.75) is 18.9 Å². The van der Waals surface area contributed by atoms with Gasteiger partial charge >= 0.3 is 0 Å². The van der Waals surface area contributed by atoms with E-state index in [1.165, 1.54) is 12.1 Å². The number of piperidine rings is 1. The number of rotatable bonds is 4. The fourth-order valence-corrected chi connectivity index (χ4v) is 2.70. The number of carbonyl (C=O) groups is 1. The summed E-state index contributed by atoms with van der Waals surface area (Å²) in [7, 11) is 0. The standard InChI is InChI=1S/C16H15FN4O3/c17-13-9-11(21(23)24)5-6-14(13)19-15-4-2-8-20(16(15)22)12-3-1-7-18-10-12/h1,3,5-7,9-10,15,19H,2,4,8H2. The Morgan fingerprint density at radius 3 is 2.88 bits per heavy atom. The van der Waals surface area contributed by atoms with Gasteiger partial charge in [0.1, 0.15) is 6.04 Å². The van der Waals surface area contributed by atoms with E-state index in [1.54, 1.807) is 29.4 Å². The SMILES string of the molecule is O=C1C(Nc2ccc([N+](=O)[O-])cc2F)CCCN1c1cccnc1. The molecule has 2 heterocycles. The highest BCUT2D eigenvalue weighted by molar-refractivity contribution is 5.99. The Balaban J connectivity index is 1.78. The number of aromatic nitrogens is 1. The van der Waals surface area contributed by atoms with Crippen LogP contribution in [-0.2, 0) is 4.79 Å². The number of amides is 1. The summed E-state index contributed by atoms with van der Waals surface area (Å²) >= 11 is 0. The number of benzene rings is 1. The molecule has 1 aromatic heterocycles. The Bertz CT molecular complexity index is 769. The van der Waals surface area contributed by atoms with Crippen LogP contribution >= 0.6 is 0 Å². The van der Waals surface area contributed by atoms with Gasteiger partial charge in [0.15, 0.2) is 5.82 Å². The van der Waals surface area contributed by atoms with Crippen molar-refractivity contribution in [3.05, 3.63) is 58.7 Å². The Hall–Kier alpha value is -3.03. The maximum absolute atomic E-state index is 14.0. The van der Waals surface area contributed by atoms with Gasteiger partial charge in [-0.3, -0.25) is 19.9 Å². The number of carbonyl (C=O) groups excluding carboxylic acids is 1. The van der Waals surface area contributed by atoms with Gasteiger partial charge in [0.05, 0.1) is 28.6 Å². The number of nitrogens with zero attached hydrogens (tertiary/aromatic N) is 3. The zero-order chi connectivity index (χ0) is 17.1. The highest BCUT2D eigenvalue weighted by atomic mass is 19.1. The normalized spacial score (nSPS) is 17.6. The predicted molar refractivity (Wildman–Crippen MR) is 86.3 cm³/mol. The van der Waals surface area contributed by atoms with E-state index in [0.717, 1.165) is 12.5 Å². The van der Waals surface area contributed by atoms with Gasteiger partial charge in [-0.05, 0) is 31.0 Å². The molecule has 3 rings (SSSR count). The first-order chi connectivity index (χ1) is 11.6. The van der Waals surface area contributed by atoms with Crippen LogP contribution < -0.4 is 10.2 Å². The molecule has 1 unspecified atom stereocenters. The summed E-state index contributed by atoms with van der Waals surface area (Å²) in [6.07, 6.45) is 4.55. The lowest BCUT2D eigenvalue weighted by Gasteiger charge is -2.33. The molecule has 0 saturated carbocycles. The van der Waals surface area contributed by atoms with Crippen molar-refractivity contribution in [1.29, 1.82) is 0 Å². The lowest BCUT2D eigenvalue weighted by Crippen LogP contribution is -2.47. The van der Waals surface area contributed by atoms with Crippen LogP contribution in [0.2, 0.25) is 0 Å². The number of nitrogens with one attached hydrogen (secondary N) is 1. The predicted octanol–water partition coefficient (Wildman–Crippen LogP) is 2.74. The summed E-state index contributed by atoms with van der Waals surface area (Å²) in [5.74, 6) is -0.928. The summed E-state index contributed by atoms with van der Waals surface area (Å²) in [6.45, 7) is 0.575. The van der Waals surface area contributed by atoms with Crippen molar-refractivity contribution in [3.63, 3.8) is 0 Å². The first kappa shape index (κ1) is 15.9. The minimum atomic E-state index is -0.754. The van der Waals surface area contributed by atoms with Crippen molar-refractivity contribution in [3.8, 4) is 0 Å². The summed E-state index contributed by atoms with van der Waals surface area (Å²) < 4.78 is 14.0. The van der Waals surface area contributed by atoms with E-state index < -0.39 is 16.8 Å². The average Bonchev–Trinajstić information content (AvgIpc) is 2.59. The Labute approximate surface area is 137 Å². The van der Waals surface area contributed by atoms with E-state index in [-0.39, 0.29) is 17.3 Å². The molecule has 7 nitrogen and oxygen atoms in total. The monoisotopic (exact) mass is 330 g/mol. The van der Waals surface area contributed by atoms with Crippen LogP contribution in [0.1, 0.15) is 12.8 Å². The van der Waals surface area contributed by atoms with Crippen LogP contribution in [0.3, 0.4) is 0 Å². The number of halogens is 1. The van der Waals surface area contributed by atoms with Crippen molar-refractivity contribution in [2.75, 3.05) is 16.8 Å². The average molecular weight is 330 g/mol. The van der Waals surface area contributed by atoms with Crippen LogP contribution in [0.15, 0.2) is 42.7 Å². The third-order valence-corrected chi connectivity index (χ3v) is 3.89. The van der Waals surface area contributed by atoms with Crippen molar-refractivity contribution in [1.82, 2.24) is 4.98 Å². The largest absolute Gasteiger partial charge is 0.371 e. The second kappa shape index (κ2) is 6.61. The summed E-state index contributed by atoms with van der Waals surface area (Å²) in [5.41, 5.74) is 0.440. The molecule has 1 aromatic carbocycles. The number of non-ortho nitro benzene ring substituents is 1. The van der Waals surface area contributed by atoms with Gasteiger partial charge in [-0.25, -0.2) is 4.39 Å². The number of nitro groups is 1. The number of hydrogen-bond donors (Lipinski definition) is 1. The molecule has 1 amide bonds. The maximum Gasteiger partial charge on any atom is 0.272 e. The number of pyridine rings is 1. The number of hydrogen-bond acceptors (Lipinski definition) is 5. The first-order valence-corrected chi connectivity index (χ1v) is 7.48. The molecule has 1 saturated heterocycles. The van der Waals surface area contributed by atoms with Gasteiger partial charge in [0.25, 0.3) is 5.69 Å². The summed E-state index contributed by atoms with van der Waals surface area (Å²) in [5, 5.41) is 13.5. The molecule has 0 bridgehead atoms. The van der Waals surface area contributed by atoms with E-state index >= 15 is 0 Å². The van der Waals surface area contributed by atoms with Gasteiger partial charge in [-0.2, -0.15) is 0 Å². The van der Waals surface area contributed by atoms with Gasteiger partial charge in [0.2, 0.25) is 5.91 Å². The minimum absolute atomic E-state index is 0.0759. The molecule has 24 heavy (non-hydrogen) atoms. The van der Waals surface area contributed by atoms with Gasteiger partial charge in [-0.15, -0.1) is 0 Å². The number of nitro benzene ring substituents is 1. The third-order valence-electron chi connectivity index (χ3n) is 3.89. The molecule has 0 aliphatic carbocycles. The zero-order valence-electron chi connectivity index (χ0n) is 12.7. The van der Waals surface area contributed by atoms with Gasteiger partial charge in [-0.1, -0.05) is 0 Å². The van der Waals surface area contributed by atoms with E-state index in [0.29, 0.717) is 18.7 Å². The van der Waals surface area contributed by atoms with E-state index in [9.17, 15) is 19.3 Å². The van der Waals surface area contributed by atoms with Crippen molar-refractivity contribution < 1.29 is 14.1 Å². The number of anilines is 2. The Kier molecular flexibility index (Phi) is 4.37. The van der Waals surface area contributed by atoms with Crippen LogP contribution in [0.4, 0.5) is 21.5 Å². The lowest BCUT2D eigenvalue weighted by atomic mass is 10.0. The molecule has 1 fully saturated rings. The first-order valence-electron chi connectivity index (χ1n) is 7.48. The second-order valence-corrected chi connectivity index (χ2v) is 5.46. The minimum Gasteiger partial charge on any atom is -0.371 e. The van der Waals surface area contributed by atoms with Crippen molar-refractivity contribution in [2.24, 2.45) is 0 Å². The molecule has 0 spiro atoms. The molecular weight excluding hydrogens is 315 g/mol. The van der Waals surface area contributed by atoms with Crippen LogP contribution in [0.25, 0.3) is 0 Å². The van der Waals surface area contributed by atoms with Crippen molar-refractivity contribution >= 4 is 23.0 Å². The fraction of sp³-hybridized carbons (Fsp3) is 0.250. The third kappa shape index (κ3) is 3.17. The smallest absolute Gasteiger partial charge is 0.272 e. The van der Waals surface area contributed by atoms with Gasteiger partial charge < -0.3 is 10.2 Å². The zero-order valence-corrected chi connectivity index (χ0v) is 12.7. The molecule has 1 aliphatic heterocycles. The quantitative estimate of drug-likeness (QED) is 0.688. The highest BCUT2D eigenvalue weighted by Gasteiger charge is 2.30. The molecule has 1 atom stereocenters. The molecule has 0 radical (unpaired) electrons. The molecule has 1 aliphatic rings. The molecular formula is C16H15FN4O3. The summed E-state index contributed by atoms with van der Waals surface area (Å²) in [6, 6.07) is 6.28. The van der Waals surface area contributed by atoms with E-state index in [1.807, 2.05) is 0 Å². The topological polar surface area (TPSA) is 88.4 Å². The Morgan fingerprint density at radius 2 is 2.21 bits per heavy atom. The van der Waals surface area contributed by atoms with E-state index in [2.05, 4.69) is 10.3 Å². The Morgan fingerprint density at radius 1 is 1.38 bits per heavy atom. The maximum atomic E-state index is 14.0. The fourth-order valence-electron chi connectivity index (χ4n) is 2.70. The van der Waals surface area contributed by atoms with Crippen LogP contribution in [0, 0.1) is 15.9 Å². The summed E-state index contributed by atoms with van der Waals surface area (Å²) in [4.78, 5) is 28.2. The molecule has 8 heteroatoms. The molecule has 1 N–H and O–H groups in total. The highest BCUT2D eigenvalue weighted by Crippen LogP contribution is 2.25. The van der Waals surface area contributed by atoms with E-state index in [4.69, 9.17) is 0 Å². The molecule has 2 aromatic rings. The lowest BCUT2D eigenvalue weighted by molar-refractivity contribution is -0.385. The molecule has 124 valence electrons. The van der Waals surface area contributed by atoms with Gasteiger partial charge in [0, 0.05) is 18.8 Å². The second-order valence-electron chi connectivity index (χ2n) is 5.46. The van der Waals surface area contributed by atoms with Crippen LogP contribution in [-0.4, -0.2) is 28.4 Å².